The van der Waals surface area contributed by atoms with Crippen molar-refractivity contribution in [3.63, 3.8) is 0 Å². The minimum atomic E-state index is -0.419. The smallest absolute Gasteiger partial charge is 0.306 e. The van der Waals surface area contributed by atoms with Gasteiger partial charge < -0.3 is 14.6 Å². The van der Waals surface area contributed by atoms with E-state index in [0.717, 1.165) is 18.7 Å². The molecule has 3 aromatic rings. The Morgan fingerprint density at radius 2 is 1.94 bits per heavy atom. The van der Waals surface area contributed by atoms with Crippen molar-refractivity contribution in [3.8, 4) is 0 Å². The Hall–Kier alpha value is -3.82. The normalized spacial score (nSPS) is 10.9. The first-order chi connectivity index (χ1) is 16.3. The summed E-state index contributed by atoms with van der Waals surface area (Å²) in [6.07, 6.45) is 2.59. The number of nitrogens with one attached hydrogen (secondary N) is 1. The van der Waals surface area contributed by atoms with Crippen LogP contribution in [0.25, 0.3) is 11.2 Å². The molecule has 10 nitrogen and oxygen atoms in total. The molecule has 0 fully saturated rings. The van der Waals surface area contributed by atoms with Crippen molar-refractivity contribution in [2.45, 2.75) is 59.4 Å². The zero-order chi connectivity index (χ0) is 24.7. The van der Waals surface area contributed by atoms with Gasteiger partial charge in [0.1, 0.15) is 11.3 Å². The Morgan fingerprint density at radius 1 is 1.18 bits per heavy atom. The number of fused-ring (bicyclic) bond motifs is 1. The van der Waals surface area contributed by atoms with Gasteiger partial charge in [-0.2, -0.15) is 0 Å². The van der Waals surface area contributed by atoms with E-state index in [9.17, 15) is 19.7 Å². The number of nitrogens with zero attached hydrogens (tertiary/aromatic N) is 4. The van der Waals surface area contributed by atoms with Gasteiger partial charge >= 0.3 is 5.97 Å². The molecule has 10 heteroatoms. The van der Waals surface area contributed by atoms with Crippen LogP contribution in [-0.2, 0) is 27.3 Å². The molecule has 1 N–H and O–H groups in total. The monoisotopic (exact) mass is 467 g/mol. The van der Waals surface area contributed by atoms with Crippen LogP contribution in [0.3, 0.4) is 0 Å². The van der Waals surface area contributed by atoms with Crippen LogP contribution in [0.4, 0.5) is 11.4 Å². The molecule has 0 bridgehead atoms. The Labute approximate surface area is 197 Å². The number of benzene rings is 1. The van der Waals surface area contributed by atoms with Gasteiger partial charge in [0.2, 0.25) is 5.91 Å². The summed E-state index contributed by atoms with van der Waals surface area (Å²) in [5, 5.41) is 14.3. The number of esters is 1. The number of rotatable bonds is 11. The van der Waals surface area contributed by atoms with E-state index in [1.165, 1.54) is 6.07 Å². The summed E-state index contributed by atoms with van der Waals surface area (Å²) >= 11 is 0. The Balaban J connectivity index is 1.92. The van der Waals surface area contributed by atoms with Gasteiger partial charge in [0.05, 0.1) is 35.9 Å². The van der Waals surface area contributed by atoms with Crippen molar-refractivity contribution in [1.29, 1.82) is 0 Å². The van der Waals surface area contributed by atoms with Crippen molar-refractivity contribution in [2.75, 3.05) is 11.9 Å². The summed E-state index contributed by atoms with van der Waals surface area (Å²) in [6, 6.07) is 8.40. The molecule has 0 saturated heterocycles. The van der Waals surface area contributed by atoms with Gasteiger partial charge in [0, 0.05) is 24.5 Å². The second kappa shape index (κ2) is 11.4. The van der Waals surface area contributed by atoms with Crippen LogP contribution < -0.4 is 5.32 Å². The molecule has 0 spiro atoms. The number of amides is 1. The highest BCUT2D eigenvalue weighted by Crippen LogP contribution is 2.26. The number of nitro groups is 1. The van der Waals surface area contributed by atoms with Gasteiger partial charge in [-0.1, -0.05) is 31.5 Å². The molecule has 0 aliphatic carbocycles. The molecule has 0 unspecified atom stereocenters. The molecule has 0 atom stereocenters. The van der Waals surface area contributed by atoms with E-state index < -0.39 is 5.97 Å². The zero-order valence-electron chi connectivity index (χ0n) is 19.7. The van der Waals surface area contributed by atoms with Crippen molar-refractivity contribution >= 4 is 34.4 Å². The number of ether oxygens (including phenoxy) is 1. The SMILES string of the molecule is CCCCc1nc2cc(NC(=O)CCC(=O)OCC)c(C)nc2n1Cc1ccccc1[N+](=O)[O-]. The average molecular weight is 468 g/mol. The lowest BCUT2D eigenvalue weighted by Crippen LogP contribution is -2.15. The van der Waals surface area contributed by atoms with E-state index in [1.54, 1.807) is 38.1 Å². The maximum atomic E-state index is 12.3. The number of imidazole rings is 1. The fraction of sp³-hybridized carbons (Fsp3) is 0.417. The van der Waals surface area contributed by atoms with Crippen molar-refractivity contribution in [3.05, 3.63) is 57.5 Å². The van der Waals surface area contributed by atoms with E-state index in [-0.39, 0.29) is 42.5 Å². The summed E-state index contributed by atoms with van der Waals surface area (Å²) < 4.78 is 6.77. The number of para-hydroxylation sites is 1. The maximum absolute atomic E-state index is 12.3. The highest BCUT2D eigenvalue weighted by Gasteiger charge is 2.19. The van der Waals surface area contributed by atoms with Gasteiger partial charge in [0.15, 0.2) is 5.65 Å². The summed E-state index contributed by atoms with van der Waals surface area (Å²) in [7, 11) is 0. The second-order valence-electron chi connectivity index (χ2n) is 7.92. The highest BCUT2D eigenvalue weighted by molar-refractivity contribution is 5.94. The third-order valence-electron chi connectivity index (χ3n) is 5.40. The number of aryl methyl sites for hydroxylation is 2. The number of anilines is 1. The first kappa shape index (κ1) is 24.8. The number of unbranched alkanes of at least 4 members (excludes halogenated alkanes) is 1. The molecule has 1 amide bonds. The molecule has 0 radical (unpaired) electrons. The average Bonchev–Trinajstić information content (AvgIpc) is 3.13. The number of aromatic nitrogens is 3. The van der Waals surface area contributed by atoms with Gasteiger partial charge in [-0.05, 0) is 26.3 Å². The molecular formula is C24H29N5O5. The van der Waals surface area contributed by atoms with Crippen LogP contribution in [-0.4, -0.2) is 37.9 Å². The molecule has 180 valence electrons. The third kappa shape index (κ3) is 5.94. The lowest BCUT2D eigenvalue weighted by Gasteiger charge is -2.11. The largest absolute Gasteiger partial charge is 0.466 e. The van der Waals surface area contributed by atoms with Crippen LogP contribution in [0.1, 0.15) is 56.6 Å². The van der Waals surface area contributed by atoms with Gasteiger partial charge in [-0.15, -0.1) is 0 Å². The number of carbonyl (C=O) groups is 2. The lowest BCUT2D eigenvalue weighted by atomic mass is 10.1. The van der Waals surface area contributed by atoms with Crippen molar-refractivity contribution in [1.82, 2.24) is 14.5 Å². The van der Waals surface area contributed by atoms with E-state index in [4.69, 9.17) is 9.72 Å². The predicted octanol–water partition coefficient (Wildman–Crippen LogP) is 4.32. The number of carbonyl (C=O) groups excluding carboxylic acids is 2. The first-order valence-electron chi connectivity index (χ1n) is 11.4. The number of pyridine rings is 1. The molecule has 1 aromatic carbocycles. The van der Waals surface area contributed by atoms with Crippen LogP contribution in [0.15, 0.2) is 30.3 Å². The quantitative estimate of drug-likeness (QED) is 0.252. The molecular weight excluding hydrogens is 438 g/mol. The highest BCUT2D eigenvalue weighted by atomic mass is 16.6. The number of hydrogen-bond donors (Lipinski definition) is 1. The minimum absolute atomic E-state index is 0.0000417. The molecule has 0 aliphatic rings. The van der Waals surface area contributed by atoms with Gasteiger partial charge in [0.25, 0.3) is 5.69 Å². The number of nitro benzene ring substituents is 1. The third-order valence-corrected chi connectivity index (χ3v) is 5.40. The van der Waals surface area contributed by atoms with Gasteiger partial charge in [-0.25, -0.2) is 9.97 Å². The molecule has 34 heavy (non-hydrogen) atoms. The van der Waals surface area contributed by atoms with E-state index in [2.05, 4.69) is 17.2 Å². The topological polar surface area (TPSA) is 129 Å². The number of hydrogen-bond acceptors (Lipinski definition) is 7. The second-order valence-corrected chi connectivity index (χ2v) is 7.92. The molecule has 2 heterocycles. The summed E-state index contributed by atoms with van der Waals surface area (Å²) in [4.78, 5) is 44.4. The zero-order valence-corrected chi connectivity index (χ0v) is 19.7. The standard InChI is InChI=1S/C24H29N5O5/c1-4-6-11-21-26-19-14-18(27-22(30)12-13-23(31)34-5-2)16(3)25-24(19)28(21)15-17-9-7-8-10-20(17)29(32)33/h7-10,14H,4-6,11-13,15H2,1-3H3,(H,27,30). The molecule has 0 aliphatic heterocycles. The van der Waals surface area contributed by atoms with E-state index in [1.807, 2.05) is 4.57 Å². The van der Waals surface area contributed by atoms with Crippen molar-refractivity contribution in [2.24, 2.45) is 0 Å². The molecule has 0 saturated carbocycles. The fourth-order valence-corrected chi connectivity index (χ4v) is 3.66. The minimum Gasteiger partial charge on any atom is -0.466 e. The molecule has 2 aromatic heterocycles. The summed E-state index contributed by atoms with van der Waals surface area (Å²) in [5.74, 6) is 0.0489. The Kier molecular flexibility index (Phi) is 8.29. The Bertz CT molecular complexity index is 1200. The maximum Gasteiger partial charge on any atom is 0.306 e. The van der Waals surface area contributed by atoms with Crippen LogP contribution in [0.2, 0.25) is 0 Å². The van der Waals surface area contributed by atoms with E-state index in [0.29, 0.717) is 34.5 Å². The van der Waals surface area contributed by atoms with Crippen LogP contribution in [0, 0.1) is 17.0 Å². The fourth-order valence-electron chi connectivity index (χ4n) is 3.66. The van der Waals surface area contributed by atoms with Gasteiger partial charge in [-0.3, -0.25) is 19.7 Å². The summed E-state index contributed by atoms with van der Waals surface area (Å²) in [5.41, 5.74) is 2.91. The lowest BCUT2D eigenvalue weighted by molar-refractivity contribution is -0.385. The van der Waals surface area contributed by atoms with E-state index >= 15 is 0 Å². The van der Waals surface area contributed by atoms with Crippen molar-refractivity contribution < 1.29 is 19.2 Å². The van der Waals surface area contributed by atoms with Crippen LogP contribution in [0.5, 0.6) is 0 Å². The first-order valence-corrected chi connectivity index (χ1v) is 11.4. The molecule has 3 rings (SSSR count). The predicted molar refractivity (Wildman–Crippen MR) is 128 cm³/mol. The Morgan fingerprint density at radius 3 is 2.65 bits per heavy atom. The summed E-state index contributed by atoms with van der Waals surface area (Å²) in [6.45, 7) is 6.11. The van der Waals surface area contributed by atoms with Crippen LogP contribution >= 0.6 is 0 Å².